The highest BCUT2D eigenvalue weighted by molar-refractivity contribution is 7.90. The van der Waals surface area contributed by atoms with Crippen LogP contribution in [0.5, 0.6) is 0 Å². The summed E-state index contributed by atoms with van der Waals surface area (Å²) < 4.78 is 21.9. The lowest BCUT2D eigenvalue weighted by Crippen LogP contribution is -2.25. The second kappa shape index (κ2) is 5.25. The molecule has 0 aliphatic carbocycles. The number of sulfone groups is 1. The van der Waals surface area contributed by atoms with Crippen LogP contribution < -0.4 is 5.32 Å². The molecule has 0 saturated heterocycles. The number of hydrogen-bond donors (Lipinski definition) is 1. The third-order valence-electron chi connectivity index (χ3n) is 2.26. The Balaban J connectivity index is 2.53. The zero-order chi connectivity index (χ0) is 12.3. The van der Waals surface area contributed by atoms with Crippen LogP contribution in [-0.4, -0.2) is 32.0 Å². The SMILES string of the molecule is Cc1nc(C)c(C(C)NCCS(C)(=O)=O)s1. The van der Waals surface area contributed by atoms with Gasteiger partial charge in [0.1, 0.15) is 9.84 Å². The average Bonchev–Trinajstić information content (AvgIpc) is 2.43. The Morgan fingerprint density at radius 2 is 2.06 bits per heavy atom. The smallest absolute Gasteiger partial charge is 0.148 e. The van der Waals surface area contributed by atoms with Crippen molar-refractivity contribution in [3.63, 3.8) is 0 Å². The van der Waals surface area contributed by atoms with E-state index in [1.807, 2.05) is 20.8 Å². The first-order valence-electron chi connectivity index (χ1n) is 5.14. The van der Waals surface area contributed by atoms with Gasteiger partial charge in [-0.2, -0.15) is 0 Å². The maximum atomic E-state index is 11.0. The Morgan fingerprint density at radius 1 is 1.44 bits per heavy atom. The summed E-state index contributed by atoms with van der Waals surface area (Å²) >= 11 is 1.66. The first-order valence-corrected chi connectivity index (χ1v) is 8.02. The van der Waals surface area contributed by atoms with E-state index < -0.39 is 9.84 Å². The lowest BCUT2D eigenvalue weighted by molar-refractivity contribution is 0.578. The van der Waals surface area contributed by atoms with Gasteiger partial charge in [-0.1, -0.05) is 0 Å². The van der Waals surface area contributed by atoms with E-state index in [1.54, 1.807) is 11.3 Å². The summed E-state index contributed by atoms with van der Waals surface area (Å²) in [6, 6.07) is 0.160. The summed E-state index contributed by atoms with van der Waals surface area (Å²) in [4.78, 5) is 5.54. The van der Waals surface area contributed by atoms with Crippen molar-refractivity contribution in [2.75, 3.05) is 18.6 Å². The number of nitrogens with zero attached hydrogens (tertiary/aromatic N) is 1. The Hall–Kier alpha value is -0.460. The summed E-state index contributed by atoms with van der Waals surface area (Å²) in [5.41, 5.74) is 1.03. The summed E-state index contributed by atoms with van der Waals surface area (Å²) in [6.07, 6.45) is 1.25. The second-order valence-electron chi connectivity index (χ2n) is 3.99. The van der Waals surface area contributed by atoms with Crippen LogP contribution in [0, 0.1) is 13.8 Å². The first kappa shape index (κ1) is 13.6. The van der Waals surface area contributed by atoms with Crippen molar-refractivity contribution in [3.05, 3.63) is 15.6 Å². The van der Waals surface area contributed by atoms with Gasteiger partial charge in [0, 0.05) is 23.7 Å². The molecule has 0 radical (unpaired) electrons. The van der Waals surface area contributed by atoms with Gasteiger partial charge in [-0.15, -0.1) is 11.3 Å². The predicted molar refractivity (Wildman–Crippen MR) is 67.7 cm³/mol. The predicted octanol–water partition coefficient (Wildman–Crippen LogP) is 1.46. The molecule has 1 rings (SSSR count). The van der Waals surface area contributed by atoms with E-state index in [0.29, 0.717) is 6.54 Å². The molecule has 0 saturated carbocycles. The highest BCUT2D eigenvalue weighted by Gasteiger charge is 2.12. The maximum Gasteiger partial charge on any atom is 0.148 e. The lowest BCUT2D eigenvalue weighted by atomic mass is 10.2. The summed E-state index contributed by atoms with van der Waals surface area (Å²) in [5, 5.41) is 4.25. The second-order valence-corrected chi connectivity index (χ2v) is 7.48. The zero-order valence-corrected chi connectivity index (χ0v) is 11.7. The summed E-state index contributed by atoms with van der Waals surface area (Å²) in [6.45, 7) is 6.47. The highest BCUT2D eigenvalue weighted by Crippen LogP contribution is 2.23. The maximum absolute atomic E-state index is 11.0. The van der Waals surface area contributed by atoms with Crippen LogP contribution in [0.4, 0.5) is 0 Å². The van der Waals surface area contributed by atoms with Gasteiger partial charge in [-0.05, 0) is 20.8 Å². The van der Waals surface area contributed by atoms with E-state index in [1.165, 1.54) is 11.1 Å². The quantitative estimate of drug-likeness (QED) is 0.872. The normalized spacial score (nSPS) is 14.0. The van der Waals surface area contributed by atoms with E-state index in [-0.39, 0.29) is 11.8 Å². The summed E-state index contributed by atoms with van der Waals surface area (Å²) in [7, 11) is -2.88. The van der Waals surface area contributed by atoms with Gasteiger partial charge >= 0.3 is 0 Å². The third-order valence-corrected chi connectivity index (χ3v) is 4.46. The molecule has 4 nitrogen and oxygen atoms in total. The molecular weight excluding hydrogens is 244 g/mol. The minimum atomic E-state index is -2.88. The Bertz CT molecular complexity index is 451. The Kier molecular flexibility index (Phi) is 4.46. The Labute approximate surface area is 101 Å². The van der Waals surface area contributed by atoms with Crippen molar-refractivity contribution in [1.82, 2.24) is 10.3 Å². The first-order chi connectivity index (χ1) is 7.29. The van der Waals surface area contributed by atoms with Crippen LogP contribution >= 0.6 is 11.3 Å². The molecule has 1 atom stereocenters. The molecule has 1 aromatic heterocycles. The molecule has 0 spiro atoms. The van der Waals surface area contributed by atoms with Crippen molar-refractivity contribution >= 4 is 21.2 Å². The molecule has 6 heteroatoms. The lowest BCUT2D eigenvalue weighted by Gasteiger charge is -2.11. The molecule has 92 valence electrons. The van der Waals surface area contributed by atoms with Crippen LogP contribution in [0.1, 0.15) is 28.5 Å². The molecule has 0 aliphatic rings. The van der Waals surface area contributed by atoms with Crippen LogP contribution in [0.3, 0.4) is 0 Å². The van der Waals surface area contributed by atoms with Crippen molar-refractivity contribution in [2.24, 2.45) is 0 Å². The molecule has 0 aliphatic heterocycles. The van der Waals surface area contributed by atoms with E-state index in [9.17, 15) is 8.42 Å². The van der Waals surface area contributed by atoms with Gasteiger partial charge in [0.2, 0.25) is 0 Å². The number of nitrogens with one attached hydrogen (secondary N) is 1. The fourth-order valence-corrected chi connectivity index (χ4v) is 2.95. The Morgan fingerprint density at radius 3 is 2.50 bits per heavy atom. The highest BCUT2D eigenvalue weighted by atomic mass is 32.2. The van der Waals surface area contributed by atoms with Crippen molar-refractivity contribution in [3.8, 4) is 0 Å². The standard InChI is InChI=1S/C10H18N2O2S2/c1-7(11-5-6-16(4,13)14)10-8(2)12-9(3)15-10/h7,11H,5-6H2,1-4H3. The number of thiazole rings is 1. The largest absolute Gasteiger partial charge is 0.308 e. The van der Waals surface area contributed by atoms with Crippen LogP contribution in [-0.2, 0) is 9.84 Å². The van der Waals surface area contributed by atoms with Crippen LogP contribution in [0.25, 0.3) is 0 Å². The average molecular weight is 262 g/mol. The minimum Gasteiger partial charge on any atom is -0.308 e. The van der Waals surface area contributed by atoms with Gasteiger partial charge in [-0.3, -0.25) is 0 Å². The molecule has 1 heterocycles. The van der Waals surface area contributed by atoms with Gasteiger partial charge < -0.3 is 5.32 Å². The topological polar surface area (TPSA) is 59.1 Å². The summed E-state index contributed by atoms with van der Waals surface area (Å²) in [5.74, 6) is 0.175. The van der Waals surface area contributed by atoms with Crippen LogP contribution in [0.15, 0.2) is 0 Å². The molecule has 0 amide bonds. The molecule has 0 aromatic carbocycles. The monoisotopic (exact) mass is 262 g/mol. The molecular formula is C10H18N2O2S2. The molecule has 16 heavy (non-hydrogen) atoms. The fraction of sp³-hybridized carbons (Fsp3) is 0.700. The van der Waals surface area contributed by atoms with Crippen molar-refractivity contribution in [1.29, 1.82) is 0 Å². The van der Waals surface area contributed by atoms with E-state index in [2.05, 4.69) is 10.3 Å². The van der Waals surface area contributed by atoms with Gasteiger partial charge in [0.05, 0.1) is 16.5 Å². The number of rotatable bonds is 5. The molecule has 1 unspecified atom stereocenters. The van der Waals surface area contributed by atoms with Crippen LogP contribution in [0.2, 0.25) is 0 Å². The zero-order valence-electron chi connectivity index (χ0n) is 10.1. The number of aryl methyl sites for hydroxylation is 2. The van der Waals surface area contributed by atoms with Gasteiger partial charge in [0.25, 0.3) is 0 Å². The molecule has 1 N–H and O–H groups in total. The van der Waals surface area contributed by atoms with E-state index in [4.69, 9.17) is 0 Å². The fourth-order valence-electron chi connectivity index (χ4n) is 1.50. The van der Waals surface area contributed by atoms with Gasteiger partial charge in [-0.25, -0.2) is 13.4 Å². The molecule has 0 bridgehead atoms. The van der Waals surface area contributed by atoms with E-state index in [0.717, 1.165) is 10.7 Å². The van der Waals surface area contributed by atoms with E-state index >= 15 is 0 Å². The molecule has 0 fully saturated rings. The minimum absolute atomic E-state index is 0.160. The third kappa shape index (κ3) is 4.19. The van der Waals surface area contributed by atoms with Gasteiger partial charge in [0.15, 0.2) is 0 Å². The van der Waals surface area contributed by atoms with Crippen molar-refractivity contribution < 1.29 is 8.42 Å². The number of aromatic nitrogens is 1. The number of hydrogen-bond acceptors (Lipinski definition) is 5. The van der Waals surface area contributed by atoms with Crippen molar-refractivity contribution in [2.45, 2.75) is 26.8 Å². The molecule has 1 aromatic rings.